The third kappa shape index (κ3) is 6.31. The number of hydrogen-bond donors (Lipinski definition) is 3. The average molecular weight is 261 g/mol. The van der Waals surface area contributed by atoms with Crippen LogP contribution in [0, 0.1) is 0 Å². The number of hydrogen-bond acceptors (Lipinski definition) is 4. The van der Waals surface area contributed by atoms with Crippen molar-refractivity contribution in [2.45, 2.75) is 25.3 Å². The van der Waals surface area contributed by atoms with Gasteiger partial charge < -0.3 is 21.3 Å². The zero-order chi connectivity index (χ0) is 14.2. The molecule has 0 amide bonds. The largest absolute Gasteiger partial charge is 0.480 e. The molecule has 0 aromatic carbocycles. The number of methoxy groups -OCH3 is 1. The Kier molecular flexibility index (Phi) is 7.14. The number of aliphatic carboxylic acids is 1. The number of carboxylic acids is 1. The molecule has 6 nitrogen and oxygen atoms in total. The molecule has 0 saturated heterocycles. The number of allylic oxidation sites excluding steroid dienone is 1. The summed E-state index contributed by atoms with van der Waals surface area (Å²) in [4.78, 5) is 14.6. The van der Waals surface area contributed by atoms with Crippen LogP contribution in [0.25, 0.3) is 0 Å². The highest BCUT2D eigenvalue weighted by molar-refractivity contribution is 5.78. The van der Waals surface area contributed by atoms with E-state index in [2.05, 4.69) is 4.99 Å². The molecule has 0 aliphatic rings. The molecule has 0 aliphatic carbocycles. The number of nitrogens with two attached hydrogens (primary N) is 2. The Morgan fingerprint density at radius 3 is 2.67 bits per heavy atom. The normalized spacial score (nSPS) is 16.4. The van der Waals surface area contributed by atoms with Gasteiger partial charge in [0, 0.05) is 7.11 Å². The Balaban J connectivity index is 4.33. The van der Waals surface area contributed by atoms with E-state index in [4.69, 9.17) is 21.3 Å². The zero-order valence-electron chi connectivity index (χ0n) is 10.6. The lowest BCUT2D eigenvalue weighted by atomic mass is 9.95. The van der Waals surface area contributed by atoms with Crippen molar-refractivity contribution in [3.05, 3.63) is 11.9 Å². The maximum atomic E-state index is 13.2. The first-order valence-corrected chi connectivity index (χ1v) is 5.44. The summed E-state index contributed by atoms with van der Waals surface area (Å²) < 4.78 is 18.0. The summed E-state index contributed by atoms with van der Waals surface area (Å²) in [6, 6.07) is 0. The van der Waals surface area contributed by atoms with Crippen molar-refractivity contribution in [1.82, 2.24) is 0 Å². The van der Waals surface area contributed by atoms with E-state index in [1.54, 1.807) is 6.92 Å². The van der Waals surface area contributed by atoms with Crippen LogP contribution in [0.1, 0.15) is 19.8 Å². The number of carboxylic acid groups (broad SMARTS) is 1. The van der Waals surface area contributed by atoms with Crippen LogP contribution in [-0.4, -0.2) is 42.7 Å². The van der Waals surface area contributed by atoms with Crippen molar-refractivity contribution in [1.29, 1.82) is 0 Å². The molecule has 0 bridgehead atoms. The quantitative estimate of drug-likeness (QED) is 0.433. The Morgan fingerprint density at radius 2 is 2.22 bits per heavy atom. The number of nitrogens with zero attached hydrogens (tertiary/aromatic N) is 1. The van der Waals surface area contributed by atoms with Gasteiger partial charge in [0.2, 0.25) is 0 Å². The lowest BCUT2D eigenvalue weighted by Gasteiger charge is -2.22. The van der Waals surface area contributed by atoms with E-state index in [-0.39, 0.29) is 31.8 Å². The van der Waals surface area contributed by atoms with E-state index in [0.717, 1.165) is 0 Å². The van der Waals surface area contributed by atoms with Gasteiger partial charge in [-0.1, -0.05) is 6.08 Å². The number of aliphatic imine (C=N–C) groups is 1. The van der Waals surface area contributed by atoms with Gasteiger partial charge in [-0.15, -0.1) is 0 Å². The second kappa shape index (κ2) is 7.78. The smallest absolute Gasteiger partial charge is 0.326 e. The van der Waals surface area contributed by atoms with E-state index >= 15 is 0 Å². The van der Waals surface area contributed by atoms with E-state index in [9.17, 15) is 9.18 Å². The summed E-state index contributed by atoms with van der Waals surface area (Å²) in [7, 11) is 1.36. The van der Waals surface area contributed by atoms with Gasteiger partial charge in [-0.25, -0.2) is 4.39 Å². The number of halogens is 1. The summed E-state index contributed by atoms with van der Waals surface area (Å²) in [5, 5.41) is 8.95. The minimum absolute atomic E-state index is 0.0783. The fourth-order valence-corrected chi connectivity index (χ4v) is 1.25. The van der Waals surface area contributed by atoms with Crippen LogP contribution in [0.15, 0.2) is 16.9 Å². The highest BCUT2D eigenvalue weighted by Crippen LogP contribution is 2.13. The van der Waals surface area contributed by atoms with Gasteiger partial charge in [-0.05, 0) is 19.8 Å². The predicted molar refractivity (Wildman–Crippen MR) is 67.0 cm³/mol. The first-order valence-electron chi connectivity index (χ1n) is 5.44. The fraction of sp³-hybridized carbons (Fsp3) is 0.636. The standard InChI is InChI=1S/C11H20FN3O3/c1-8(13)15-6-9(12)4-3-5-11(14,7-18-2)10(16)17/h4H,3,5-7,14H2,1-2H3,(H2,13,15)(H,16,17)/b9-4-/t11-/m1/s1. The number of carbonyl (C=O) groups is 1. The van der Waals surface area contributed by atoms with Crippen LogP contribution in [0.4, 0.5) is 4.39 Å². The number of rotatable bonds is 8. The molecule has 0 unspecified atom stereocenters. The van der Waals surface area contributed by atoms with Gasteiger partial charge in [0.25, 0.3) is 0 Å². The van der Waals surface area contributed by atoms with Crippen molar-refractivity contribution in [2.75, 3.05) is 20.3 Å². The van der Waals surface area contributed by atoms with Crippen LogP contribution < -0.4 is 11.5 Å². The molecule has 0 heterocycles. The van der Waals surface area contributed by atoms with Gasteiger partial charge in [-0.3, -0.25) is 9.79 Å². The zero-order valence-corrected chi connectivity index (χ0v) is 10.6. The maximum absolute atomic E-state index is 13.2. The molecule has 104 valence electrons. The van der Waals surface area contributed by atoms with Gasteiger partial charge >= 0.3 is 5.97 Å². The summed E-state index contributed by atoms with van der Waals surface area (Å²) in [5.41, 5.74) is 9.39. The van der Waals surface area contributed by atoms with Crippen molar-refractivity contribution < 1.29 is 19.0 Å². The van der Waals surface area contributed by atoms with E-state index in [1.807, 2.05) is 0 Å². The SMILES string of the molecule is COC[C@](N)(CC/C=C(\F)CN=C(C)N)C(=O)O. The van der Waals surface area contributed by atoms with Crippen molar-refractivity contribution in [2.24, 2.45) is 16.5 Å². The van der Waals surface area contributed by atoms with Crippen LogP contribution >= 0.6 is 0 Å². The predicted octanol–water partition coefficient (Wildman–Crippen LogP) is 0.426. The van der Waals surface area contributed by atoms with Crippen LogP contribution in [0.2, 0.25) is 0 Å². The summed E-state index contributed by atoms with van der Waals surface area (Å²) in [5.74, 6) is -1.35. The molecule has 5 N–H and O–H groups in total. The topological polar surface area (TPSA) is 111 Å². The second-order valence-corrected chi connectivity index (χ2v) is 4.04. The minimum atomic E-state index is -1.50. The van der Waals surface area contributed by atoms with E-state index in [0.29, 0.717) is 0 Å². The minimum Gasteiger partial charge on any atom is -0.480 e. The van der Waals surface area contributed by atoms with Crippen molar-refractivity contribution >= 4 is 11.8 Å². The summed E-state index contributed by atoms with van der Waals surface area (Å²) in [6.45, 7) is 1.29. The van der Waals surface area contributed by atoms with Gasteiger partial charge in [0.15, 0.2) is 0 Å². The average Bonchev–Trinajstić information content (AvgIpc) is 2.26. The van der Waals surface area contributed by atoms with Gasteiger partial charge in [0.05, 0.1) is 19.0 Å². The van der Waals surface area contributed by atoms with Crippen LogP contribution in [0.3, 0.4) is 0 Å². The molecule has 0 aromatic rings. The van der Waals surface area contributed by atoms with Crippen LogP contribution in [0.5, 0.6) is 0 Å². The van der Waals surface area contributed by atoms with E-state index in [1.165, 1.54) is 13.2 Å². The molecular weight excluding hydrogens is 241 g/mol. The summed E-state index contributed by atoms with van der Waals surface area (Å²) >= 11 is 0. The Hall–Kier alpha value is -1.47. The lowest BCUT2D eigenvalue weighted by Crippen LogP contribution is -2.51. The highest BCUT2D eigenvalue weighted by atomic mass is 19.1. The first kappa shape index (κ1) is 16.5. The molecule has 0 aromatic heterocycles. The first-order chi connectivity index (χ1) is 8.31. The molecule has 0 rings (SSSR count). The molecule has 0 radical (unpaired) electrons. The van der Waals surface area contributed by atoms with Gasteiger partial charge in [-0.2, -0.15) is 0 Å². The molecule has 1 atom stereocenters. The molecule has 18 heavy (non-hydrogen) atoms. The second-order valence-electron chi connectivity index (χ2n) is 4.04. The molecule has 0 saturated carbocycles. The van der Waals surface area contributed by atoms with Gasteiger partial charge in [0.1, 0.15) is 11.4 Å². The lowest BCUT2D eigenvalue weighted by molar-refractivity contribution is -0.145. The van der Waals surface area contributed by atoms with E-state index < -0.39 is 17.3 Å². The third-order valence-corrected chi connectivity index (χ3v) is 2.26. The molecular formula is C11H20FN3O3. The van der Waals surface area contributed by atoms with Crippen molar-refractivity contribution in [3.63, 3.8) is 0 Å². The Morgan fingerprint density at radius 1 is 1.61 bits per heavy atom. The maximum Gasteiger partial charge on any atom is 0.326 e. The highest BCUT2D eigenvalue weighted by Gasteiger charge is 2.33. The van der Waals surface area contributed by atoms with Crippen LogP contribution in [-0.2, 0) is 9.53 Å². The fourth-order valence-electron chi connectivity index (χ4n) is 1.25. The monoisotopic (exact) mass is 261 g/mol. The van der Waals surface area contributed by atoms with Crippen molar-refractivity contribution in [3.8, 4) is 0 Å². The Labute approximate surface area is 106 Å². The molecule has 0 fully saturated rings. The third-order valence-electron chi connectivity index (χ3n) is 2.26. The summed E-state index contributed by atoms with van der Waals surface area (Å²) in [6.07, 6.45) is 1.53. The number of amidine groups is 1. The number of ether oxygens (including phenoxy) is 1. The Bertz CT molecular complexity index is 340. The molecule has 0 spiro atoms. The molecule has 0 aliphatic heterocycles. The molecule has 7 heteroatoms.